The molecule has 26 heavy (non-hydrogen) atoms. The molecule has 0 saturated carbocycles. The van der Waals surface area contributed by atoms with Gasteiger partial charge in [0.25, 0.3) is 0 Å². The van der Waals surface area contributed by atoms with Crippen molar-refractivity contribution in [2.75, 3.05) is 47.1 Å². The van der Waals surface area contributed by atoms with E-state index in [9.17, 15) is 4.79 Å². The lowest BCUT2D eigenvalue weighted by Gasteiger charge is -2.32. The number of carbonyl (C=O) groups is 1. The maximum atomic E-state index is 11.8. The van der Waals surface area contributed by atoms with Gasteiger partial charge < -0.3 is 20.4 Å². The minimum Gasteiger partial charge on any atom is -0.374 e. The molecule has 1 amide bonds. The third-order valence-corrected chi connectivity index (χ3v) is 5.47. The number of likely N-dealkylation sites (N-methyl/N-ethyl adjacent to an activating group) is 1. The van der Waals surface area contributed by atoms with Crippen LogP contribution in [0.4, 0.5) is 28.4 Å². The molecule has 0 atom stereocenters. The normalized spacial score (nSPS) is 17.7. The van der Waals surface area contributed by atoms with Crippen molar-refractivity contribution < 1.29 is 4.79 Å². The Labute approximate surface area is 155 Å². The predicted octanol–water partition coefficient (Wildman–Crippen LogP) is 4.05. The minimum absolute atomic E-state index is 0.0842. The van der Waals surface area contributed by atoms with Crippen molar-refractivity contribution in [3.05, 3.63) is 42.5 Å². The quantitative estimate of drug-likeness (QED) is 0.877. The van der Waals surface area contributed by atoms with Gasteiger partial charge in [0.2, 0.25) is 5.91 Å². The number of nitrogens with zero attached hydrogens (tertiary/aromatic N) is 2. The second-order valence-corrected chi connectivity index (χ2v) is 7.38. The molecule has 0 spiro atoms. The summed E-state index contributed by atoms with van der Waals surface area (Å²) in [5, 5.41) is 6.64. The van der Waals surface area contributed by atoms with E-state index in [4.69, 9.17) is 0 Å². The predicted molar refractivity (Wildman–Crippen MR) is 109 cm³/mol. The Hall–Kier alpha value is -2.69. The number of fused-ring (bicyclic) bond motifs is 1. The van der Waals surface area contributed by atoms with Gasteiger partial charge in [-0.05, 0) is 61.2 Å². The first-order valence-electron chi connectivity index (χ1n) is 9.36. The number of nitrogens with one attached hydrogen (secondary N) is 2. The molecule has 0 aliphatic carbocycles. The molecule has 1 saturated heterocycles. The number of benzene rings is 2. The van der Waals surface area contributed by atoms with Crippen LogP contribution in [0.1, 0.15) is 19.8 Å². The summed E-state index contributed by atoms with van der Waals surface area (Å²) in [6.07, 6.45) is 2.55. The number of amides is 1. The summed E-state index contributed by atoms with van der Waals surface area (Å²) in [4.78, 5) is 15.9. The van der Waals surface area contributed by atoms with Crippen molar-refractivity contribution in [3.8, 4) is 0 Å². The first-order chi connectivity index (χ1) is 12.6. The fourth-order valence-electron chi connectivity index (χ4n) is 3.66. The van der Waals surface area contributed by atoms with Crippen molar-refractivity contribution in [1.82, 2.24) is 0 Å². The van der Waals surface area contributed by atoms with Crippen LogP contribution in [-0.2, 0) is 4.79 Å². The van der Waals surface area contributed by atoms with Crippen molar-refractivity contribution >= 4 is 34.3 Å². The molecule has 2 N–H and O–H groups in total. The standard InChI is InChI=1S/C21H26N4O/c1-15-9-11-25(12-10-15)18-6-3-16(4-7-18)23-17-5-8-20-19(13-17)22-14-21(26)24(20)2/h3-8,13,15,22-23H,9-12,14H2,1-2H3. The summed E-state index contributed by atoms with van der Waals surface area (Å²) in [7, 11) is 1.81. The summed E-state index contributed by atoms with van der Waals surface area (Å²) in [5.41, 5.74) is 5.28. The molecule has 0 unspecified atom stereocenters. The maximum Gasteiger partial charge on any atom is 0.246 e. The molecule has 2 aromatic rings. The molecule has 2 aliphatic rings. The Morgan fingerprint density at radius 1 is 1.04 bits per heavy atom. The number of hydrogen-bond donors (Lipinski definition) is 2. The Morgan fingerprint density at radius 2 is 1.73 bits per heavy atom. The van der Waals surface area contributed by atoms with Crippen LogP contribution in [0, 0.1) is 5.92 Å². The van der Waals surface area contributed by atoms with Crippen LogP contribution < -0.4 is 20.4 Å². The zero-order valence-electron chi connectivity index (χ0n) is 15.5. The summed E-state index contributed by atoms with van der Waals surface area (Å²) in [6.45, 7) is 4.98. The second kappa shape index (κ2) is 6.90. The van der Waals surface area contributed by atoms with Crippen LogP contribution in [-0.4, -0.2) is 32.6 Å². The molecule has 2 heterocycles. The van der Waals surface area contributed by atoms with E-state index >= 15 is 0 Å². The average Bonchev–Trinajstić information content (AvgIpc) is 2.66. The van der Waals surface area contributed by atoms with Crippen LogP contribution in [0.2, 0.25) is 0 Å². The Kier molecular flexibility index (Phi) is 4.45. The molecule has 136 valence electrons. The summed E-state index contributed by atoms with van der Waals surface area (Å²) in [6, 6.07) is 14.7. The molecule has 0 bridgehead atoms. The SMILES string of the molecule is CC1CCN(c2ccc(Nc3ccc4c(c3)NCC(=O)N4C)cc2)CC1. The van der Waals surface area contributed by atoms with E-state index in [1.54, 1.807) is 4.90 Å². The molecule has 0 radical (unpaired) electrons. The van der Waals surface area contributed by atoms with Crippen LogP contribution in [0.15, 0.2) is 42.5 Å². The summed E-state index contributed by atoms with van der Waals surface area (Å²) < 4.78 is 0. The van der Waals surface area contributed by atoms with E-state index in [-0.39, 0.29) is 5.91 Å². The lowest BCUT2D eigenvalue weighted by atomic mass is 9.99. The number of piperidine rings is 1. The molecule has 5 nitrogen and oxygen atoms in total. The van der Waals surface area contributed by atoms with Crippen LogP contribution in [0.25, 0.3) is 0 Å². The van der Waals surface area contributed by atoms with Crippen molar-refractivity contribution in [2.24, 2.45) is 5.92 Å². The zero-order valence-corrected chi connectivity index (χ0v) is 15.5. The van der Waals surface area contributed by atoms with Gasteiger partial charge in [0, 0.05) is 37.2 Å². The lowest BCUT2D eigenvalue weighted by molar-refractivity contribution is -0.116. The zero-order chi connectivity index (χ0) is 18.1. The first-order valence-corrected chi connectivity index (χ1v) is 9.36. The molecular formula is C21H26N4O. The number of rotatable bonds is 3. The van der Waals surface area contributed by atoms with Gasteiger partial charge in [-0.2, -0.15) is 0 Å². The van der Waals surface area contributed by atoms with E-state index in [1.165, 1.54) is 18.5 Å². The number of anilines is 5. The van der Waals surface area contributed by atoms with Gasteiger partial charge in [-0.25, -0.2) is 0 Å². The van der Waals surface area contributed by atoms with Crippen molar-refractivity contribution in [3.63, 3.8) is 0 Å². The fraction of sp³-hybridized carbons (Fsp3) is 0.381. The smallest absolute Gasteiger partial charge is 0.246 e. The van der Waals surface area contributed by atoms with Gasteiger partial charge >= 0.3 is 0 Å². The van der Waals surface area contributed by atoms with Crippen molar-refractivity contribution in [2.45, 2.75) is 19.8 Å². The van der Waals surface area contributed by atoms with Gasteiger partial charge in [-0.15, -0.1) is 0 Å². The van der Waals surface area contributed by atoms with E-state index in [0.29, 0.717) is 6.54 Å². The van der Waals surface area contributed by atoms with Gasteiger partial charge in [0.05, 0.1) is 17.9 Å². The van der Waals surface area contributed by atoms with Crippen molar-refractivity contribution in [1.29, 1.82) is 0 Å². The van der Waals surface area contributed by atoms with Crippen LogP contribution in [0.5, 0.6) is 0 Å². The van der Waals surface area contributed by atoms with Gasteiger partial charge in [0.15, 0.2) is 0 Å². The third-order valence-electron chi connectivity index (χ3n) is 5.47. The highest BCUT2D eigenvalue weighted by molar-refractivity contribution is 6.02. The first kappa shape index (κ1) is 16.8. The molecule has 4 rings (SSSR count). The lowest BCUT2D eigenvalue weighted by Crippen LogP contribution is -2.36. The van der Waals surface area contributed by atoms with Gasteiger partial charge in [-0.1, -0.05) is 6.92 Å². The highest BCUT2D eigenvalue weighted by Crippen LogP contribution is 2.32. The molecular weight excluding hydrogens is 324 g/mol. The van der Waals surface area contributed by atoms with Crippen LogP contribution in [0.3, 0.4) is 0 Å². The highest BCUT2D eigenvalue weighted by Gasteiger charge is 2.20. The molecule has 0 aromatic heterocycles. The van der Waals surface area contributed by atoms with E-state index in [1.807, 2.05) is 19.2 Å². The minimum atomic E-state index is 0.0842. The van der Waals surface area contributed by atoms with E-state index in [2.05, 4.69) is 52.8 Å². The van der Waals surface area contributed by atoms with Gasteiger partial charge in [0.1, 0.15) is 0 Å². The largest absolute Gasteiger partial charge is 0.374 e. The highest BCUT2D eigenvalue weighted by atomic mass is 16.2. The van der Waals surface area contributed by atoms with Gasteiger partial charge in [-0.3, -0.25) is 4.79 Å². The molecule has 2 aromatic carbocycles. The maximum absolute atomic E-state index is 11.8. The monoisotopic (exact) mass is 350 g/mol. The Bertz CT molecular complexity index is 794. The number of carbonyl (C=O) groups excluding carboxylic acids is 1. The number of hydrogen-bond acceptors (Lipinski definition) is 4. The average molecular weight is 350 g/mol. The topological polar surface area (TPSA) is 47.6 Å². The summed E-state index contributed by atoms with van der Waals surface area (Å²) >= 11 is 0. The van der Waals surface area contributed by atoms with E-state index < -0.39 is 0 Å². The molecule has 5 heteroatoms. The molecule has 2 aliphatic heterocycles. The Balaban J connectivity index is 1.45. The Morgan fingerprint density at radius 3 is 2.46 bits per heavy atom. The van der Waals surface area contributed by atoms with E-state index in [0.717, 1.165) is 41.8 Å². The fourth-order valence-corrected chi connectivity index (χ4v) is 3.66. The van der Waals surface area contributed by atoms with Crippen LogP contribution >= 0.6 is 0 Å². The second-order valence-electron chi connectivity index (χ2n) is 7.38. The third kappa shape index (κ3) is 3.34. The summed E-state index contributed by atoms with van der Waals surface area (Å²) in [5.74, 6) is 0.931. The molecule has 1 fully saturated rings.